The smallest absolute Gasteiger partial charge is 1.00 e. The fourth-order valence-corrected chi connectivity index (χ4v) is 0.161. The molecule has 0 rings (SSSR count). The van der Waals surface area contributed by atoms with E-state index in [1.165, 1.54) is 6.26 Å². The third-order valence-electron chi connectivity index (χ3n) is 0.244. The topological polar surface area (TPSA) is 33.0 Å². The molecule has 0 aliphatic carbocycles. The van der Waals surface area contributed by atoms with Gasteiger partial charge in [-0.05, 0) is 0 Å². The van der Waals surface area contributed by atoms with Crippen molar-refractivity contribution in [3.8, 4) is 6.26 Å². The molecule has 0 saturated carbocycles. The standard InChI is InChI=1S/C3H4ClNO.Na.H/c4-1-2-6-3-5;;/h1-2H2;;/q;+1;-1. The Balaban J connectivity index is -0.000000125. The summed E-state index contributed by atoms with van der Waals surface area (Å²) >= 11 is 5.10. The number of nitrogens with zero attached hydrogens (tertiary/aromatic N) is 1. The van der Waals surface area contributed by atoms with Crippen LogP contribution in [0.1, 0.15) is 1.43 Å². The first-order valence-electron chi connectivity index (χ1n) is 1.48. The number of hydrogen-bond donors (Lipinski definition) is 0. The van der Waals surface area contributed by atoms with Crippen molar-refractivity contribution in [3.05, 3.63) is 0 Å². The van der Waals surface area contributed by atoms with Crippen molar-refractivity contribution in [2.75, 3.05) is 12.5 Å². The first-order chi connectivity index (χ1) is 2.91. The van der Waals surface area contributed by atoms with Crippen LogP contribution in [-0.4, -0.2) is 12.5 Å². The zero-order valence-corrected chi connectivity index (χ0v) is 6.90. The van der Waals surface area contributed by atoms with Crippen LogP contribution in [0.3, 0.4) is 0 Å². The second kappa shape index (κ2) is 9.77. The fourth-order valence-electron chi connectivity index (χ4n) is 0.0842. The molecule has 2 nitrogen and oxygen atoms in total. The van der Waals surface area contributed by atoms with Gasteiger partial charge < -0.3 is 6.16 Å². The molecule has 0 aliphatic rings. The Morgan fingerprint density at radius 3 is 2.57 bits per heavy atom. The van der Waals surface area contributed by atoms with Gasteiger partial charge in [-0.2, -0.15) is 5.26 Å². The molecule has 0 unspecified atom stereocenters. The molecule has 0 amide bonds. The second-order valence-electron chi connectivity index (χ2n) is 0.629. The molecule has 36 valence electrons. The van der Waals surface area contributed by atoms with Crippen molar-refractivity contribution in [2.24, 2.45) is 0 Å². The van der Waals surface area contributed by atoms with Crippen molar-refractivity contribution in [1.29, 1.82) is 5.26 Å². The molecule has 0 aromatic carbocycles. The minimum Gasteiger partial charge on any atom is -1.00 e. The van der Waals surface area contributed by atoms with Crippen LogP contribution in [0.5, 0.6) is 0 Å². The summed E-state index contributed by atoms with van der Waals surface area (Å²) in [6.45, 7) is 0.318. The fraction of sp³-hybridized carbons (Fsp3) is 0.667. The Morgan fingerprint density at radius 1 is 1.86 bits per heavy atom. The van der Waals surface area contributed by atoms with E-state index >= 15 is 0 Å². The predicted molar refractivity (Wildman–Crippen MR) is 23.4 cm³/mol. The van der Waals surface area contributed by atoms with Gasteiger partial charge >= 0.3 is 29.6 Å². The molecule has 0 bridgehead atoms. The van der Waals surface area contributed by atoms with Crippen molar-refractivity contribution < 1.29 is 35.7 Å². The van der Waals surface area contributed by atoms with Gasteiger partial charge in [0.05, 0.1) is 5.88 Å². The molecule has 0 atom stereocenters. The molecule has 4 heteroatoms. The summed E-state index contributed by atoms with van der Waals surface area (Å²) in [4.78, 5) is 0. The van der Waals surface area contributed by atoms with Gasteiger partial charge in [-0.15, -0.1) is 11.6 Å². The van der Waals surface area contributed by atoms with Gasteiger partial charge in [0.1, 0.15) is 6.61 Å². The van der Waals surface area contributed by atoms with Crippen molar-refractivity contribution in [1.82, 2.24) is 0 Å². The van der Waals surface area contributed by atoms with Gasteiger partial charge in [-0.3, -0.25) is 0 Å². The van der Waals surface area contributed by atoms with Crippen molar-refractivity contribution >= 4 is 11.6 Å². The SMILES string of the molecule is N#COCCCl.[H-].[Na+]. The minimum absolute atomic E-state index is 0. The zero-order chi connectivity index (χ0) is 4.83. The van der Waals surface area contributed by atoms with Crippen LogP contribution in [0.2, 0.25) is 0 Å². The molecule has 0 heterocycles. The summed E-state index contributed by atoms with van der Waals surface area (Å²) in [5.41, 5.74) is 0. The molecule has 0 aromatic rings. The molecular weight excluding hydrogens is 124 g/mol. The van der Waals surface area contributed by atoms with Crippen LogP contribution < -0.4 is 29.6 Å². The van der Waals surface area contributed by atoms with Crippen molar-refractivity contribution in [2.45, 2.75) is 0 Å². The maximum absolute atomic E-state index is 7.67. The first-order valence-corrected chi connectivity index (χ1v) is 2.02. The van der Waals surface area contributed by atoms with E-state index in [0.717, 1.165) is 0 Å². The Hall–Kier alpha value is 0.580. The molecule has 0 fully saturated rings. The minimum atomic E-state index is 0. The van der Waals surface area contributed by atoms with E-state index in [4.69, 9.17) is 16.9 Å². The van der Waals surface area contributed by atoms with Crippen LogP contribution >= 0.6 is 11.6 Å². The molecule has 0 saturated heterocycles. The third-order valence-corrected chi connectivity index (χ3v) is 0.398. The van der Waals surface area contributed by atoms with E-state index < -0.39 is 0 Å². The number of rotatable bonds is 2. The van der Waals surface area contributed by atoms with Gasteiger partial charge in [-0.1, -0.05) is 0 Å². The zero-order valence-electron chi connectivity index (χ0n) is 5.15. The maximum Gasteiger partial charge on any atom is 1.00 e. The van der Waals surface area contributed by atoms with Gasteiger partial charge in [0, 0.05) is 0 Å². The average Bonchev–Trinajstić information content (AvgIpc) is 1.61. The Morgan fingerprint density at radius 2 is 2.43 bits per heavy atom. The first kappa shape index (κ1) is 10.5. The monoisotopic (exact) mass is 129 g/mol. The van der Waals surface area contributed by atoms with E-state index in [-0.39, 0.29) is 31.0 Å². The Kier molecular flexibility index (Phi) is 14.7. The van der Waals surface area contributed by atoms with E-state index in [9.17, 15) is 0 Å². The van der Waals surface area contributed by atoms with Gasteiger partial charge in [-0.25, -0.2) is 0 Å². The summed E-state index contributed by atoms with van der Waals surface area (Å²) in [6, 6.07) is 0. The number of alkyl halides is 1. The number of ether oxygens (including phenoxy) is 1. The summed E-state index contributed by atoms with van der Waals surface area (Å²) in [7, 11) is 0. The van der Waals surface area contributed by atoms with Gasteiger partial charge in [0.2, 0.25) is 0 Å². The van der Waals surface area contributed by atoms with Crippen LogP contribution in [0, 0.1) is 11.5 Å². The average molecular weight is 130 g/mol. The van der Waals surface area contributed by atoms with Crippen molar-refractivity contribution in [3.63, 3.8) is 0 Å². The van der Waals surface area contributed by atoms with E-state index in [1.807, 2.05) is 0 Å². The largest absolute Gasteiger partial charge is 1.00 e. The molecule has 0 N–H and O–H groups in total. The van der Waals surface area contributed by atoms with E-state index in [2.05, 4.69) is 4.74 Å². The molecule has 0 spiro atoms. The molecule has 0 radical (unpaired) electrons. The van der Waals surface area contributed by atoms with E-state index in [1.54, 1.807) is 0 Å². The maximum atomic E-state index is 7.67. The second-order valence-corrected chi connectivity index (χ2v) is 1.01. The third kappa shape index (κ3) is 10.8. The normalized spacial score (nSPS) is 5.71. The predicted octanol–water partition coefficient (Wildman–Crippen LogP) is -2.16. The van der Waals surface area contributed by atoms with Crippen LogP contribution in [-0.2, 0) is 4.74 Å². The summed E-state index contributed by atoms with van der Waals surface area (Å²) in [5.74, 6) is 0.383. The molecule has 0 aromatic heterocycles. The Labute approximate surface area is 71.2 Å². The number of nitriles is 1. The number of halogens is 1. The molecule has 0 aliphatic heterocycles. The van der Waals surface area contributed by atoms with Crippen LogP contribution in [0.15, 0.2) is 0 Å². The van der Waals surface area contributed by atoms with Gasteiger partial charge in [0.15, 0.2) is 0 Å². The van der Waals surface area contributed by atoms with Crippen LogP contribution in [0.4, 0.5) is 0 Å². The van der Waals surface area contributed by atoms with Crippen LogP contribution in [0.25, 0.3) is 0 Å². The van der Waals surface area contributed by atoms with E-state index in [0.29, 0.717) is 12.5 Å². The molecule has 7 heavy (non-hydrogen) atoms. The summed E-state index contributed by atoms with van der Waals surface area (Å²) < 4.78 is 4.16. The molecular formula is C3H5ClNNaO. The Bertz CT molecular complexity index is 66.8. The number of hydrogen-bond acceptors (Lipinski definition) is 2. The quantitative estimate of drug-likeness (QED) is 0.184. The van der Waals surface area contributed by atoms with Gasteiger partial charge in [0.25, 0.3) is 6.26 Å². The summed E-state index contributed by atoms with van der Waals surface area (Å²) in [5, 5.41) is 7.67. The summed E-state index contributed by atoms with van der Waals surface area (Å²) in [6.07, 6.45) is 1.48.